The largest absolute Gasteiger partial charge is 0.340 e. The van der Waals surface area contributed by atoms with E-state index in [0.717, 1.165) is 5.69 Å². The lowest BCUT2D eigenvalue weighted by atomic mass is 9.87. The number of hydrogen-bond acceptors (Lipinski definition) is 3. The fourth-order valence-electron chi connectivity index (χ4n) is 2.65. The van der Waals surface area contributed by atoms with Crippen LogP contribution in [0.15, 0.2) is 12.3 Å². The number of nitrogens with zero attached hydrogens (tertiary/aromatic N) is 3. The van der Waals surface area contributed by atoms with E-state index in [-0.39, 0.29) is 11.8 Å². The molecule has 1 N–H and O–H groups in total. The highest BCUT2D eigenvalue weighted by Gasteiger charge is 2.47. The molecule has 1 unspecified atom stereocenters. The van der Waals surface area contributed by atoms with Crippen molar-refractivity contribution >= 4 is 11.8 Å². The molecular formula is C14H22N4O2. The van der Waals surface area contributed by atoms with E-state index in [1.54, 1.807) is 16.5 Å². The minimum atomic E-state index is -0.766. The predicted octanol–water partition coefficient (Wildman–Crippen LogP) is 0.826. The molecule has 1 saturated heterocycles. The van der Waals surface area contributed by atoms with E-state index in [9.17, 15) is 9.59 Å². The third kappa shape index (κ3) is 2.30. The summed E-state index contributed by atoms with van der Waals surface area (Å²) in [5.41, 5.74) is 0.0294. The van der Waals surface area contributed by atoms with Crippen molar-refractivity contribution in [2.75, 3.05) is 0 Å². The maximum atomic E-state index is 12.8. The van der Waals surface area contributed by atoms with Gasteiger partial charge in [0.05, 0.1) is 12.2 Å². The van der Waals surface area contributed by atoms with Gasteiger partial charge in [-0.15, -0.1) is 0 Å². The van der Waals surface area contributed by atoms with E-state index in [2.05, 4.69) is 10.4 Å². The summed E-state index contributed by atoms with van der Waals surface area (Å²) in [7, 11) is 1.83. The lowest BCUT2D eigenvalue weighted by Crippen LogP contribution is -2.69. The molecule has 0 bridgehead atoms. The quantitative estimate of drug-likeness (QED) is 0.887. The lowest BCUT2D eigenvalue weighted by molar-refractivity contribution is -0.155. The molecule has 1 aromatic heterocycles. The third-order valence-electron chi connectivity index (χ3n) is 4.19. The first-order chi connectivity index (χ1) is 9.43. The number of hydrogen-bond donors (Lipinski definition) is 1. The molecule has 1 aromatic rings. The van der Waals surface area contributed by atoms with Crippen LogP contribution in [0.5, 0.6) is 0 Å². The van der Waals surface area contributed by atoms with Gasteiger partial charge in [-0.3, -0.25) is 14.3 Å². The second-order valence-electron chi connectivity index (χ2n) is 5.37. The van der Waals surface area contributed by atoms with Crippen molar-refractivity contribution < 1.29 is 9.59 Å². The van der Waals surface area contributed by atoms with Crippen LogP contribution >= 0.6 is 0 Å². The standard InChI is InChI=1S/C14H22N4O2/c1-5-14(6-2)13(20)18(10(3)12(19)15-14)9-11-7-8-17(4)16-11/h7-8,10H,5-6,9H2,1-4H3,(H,15,19). The summed E-state index contributed by atoms with van der Waals surface area (Å²) in [6.07, 6.45) is 3.03. The van der Waals surface area contributed by atoms with Crippen LogP contribution in [0.25, 0.3) is 0 Å². The molecular weight excluding hydrogens is 256 g/mol. The number of amides is 2. The van der Waals surface area contributed by atoms with Gasteiger partial charge in [-0.05, 0) is 25.8 Å². The molecule has 20 heavy (non-hydrogen) atoms. The van der Waals surface area contributed by atoms with Crippen molar-refractivity contribution in [3.05, 3.63) is 18.0 Å². The number of piperazine rings is 1. The van der Waals surface area contributed by atoms with Crippen LogP contribution in [-0.4, -0.2) is 38.1 Å². The molecule has 2 heterocycles. The van der Waals surface area contributed by atoms with Crippen LogP contribution in [0.1, 0.15) is 39.3 Å². The monoisotopic (exact) mass is 278 g/mol. The van der Waals surface area contributed by atoms with Crippen LogP contribution in [-0.2, 0) is 23.2 Å². The van der Waals surface area contributed by atoms with Gasteiger partial charge in [0.25, 0.3) is 0 Å². The van der Waals surface area contributed by atoms with Crippen molar-refractivity contribution in [3.8, 4) is 0 Å². The van der Waals surface area contributed by atoms with Crippen molar-refractivity contribution in [2.24, 2.45) is 7.05 Å². The SMILES string of the molecule is CCC1(CC)NC(=O)C(C)N(Cc2ccn(C)n2)C1=O. The highest BCUT2D eigenvalue weighted by atomic mass is 16.2. The van der Waals surface area contributed by atoms with Crippen LogP contribution in [0.4, 0.5) is 0 Å². The molecule has 1 aliphatic heterocycles. The van der Waals surface area contributed by atoms with Crippen LogP contribution < -0.4 is 5.32 Å². The van der Waals surface area contributed by atoms with Crippen LogP contribution in [0, 0.1) is 0 Å². The summed E-state index contributed by atoms with van der Waals surface area (Å²) in [6.45, 7) is 5.98. The third-order valence-corrected chi connectivity index (χ3v) is 4.19. The maximum Gasteiger partial charge on any atom is 0.249 e. The van der Waals surface area contributed by atoms with E-state index >= 15 is 0 Å². The van der Waals surface area contributed by atoms with E-state index in [0.29, 0.717) is 19.4 Å². The highest BCUT2D eigenvalue weighted by Crippen LogP contribution is 2.26. The molecule has 1 atom stereocenters. The average molecular weight is 278 g/mol. The number of carbonyl (C=O) groups is 2. The second-order valence-corrected chi connectivity index (χ2v) is 5.37. The van der Waals surface area contributed by atoms with Gasteiger partial charge in [0, 0.05) is 13.2 Å². The molecule has 0 radical (unpaired) electrons. The zero-order valence-corrected chi connectivity index (χ0v) is 12.5. The fraction of sp³-hybridized carbons (Fsp3) is 0.643. The zero-order valence-electron chi connectivity index (χ0n) is 12.5. The Morgan fingerprint density at radius 1 is 1.35 bits per heavy atom. The van der Waals surface area contributed by atoms with Gasteiger partial charge >= 0.3 is 0 Å². The molecule has 6 nitrogen and oxygen atoms in total. The Morgan fingerprint density at radius 2 is 2.00 bits per heavy atom. The summed E-state index contributed by atoms with van der Waals surface area (Å²) in [4.78, 5) is 26.5. The Morgan fingerprint density at radius 3 is 2.50 bits per heavy atom. The summed E-state index contributed by atoms with van der Waals surface area (Å²) < 4.78 is 1.70. The molecule has 0 aromatic carbocycles. The first kappa shape index (κ1) is 14.6. The van der Waals surface area contributed by atoms with Gasteiger partial charge in [-0.25, -0.2) is 0 Å². The summed E-state index contributed by atoms with van der Waals surface area (Å²) >= 11 is 0. The first-order valence-electron chi connectivity index (χ1n) is 7.05. The smallest absolute Gasteiger partial charge is 0.249 e. The zero-order chi connectivity index (χ0) is 14.9. The molecule has 0 spiro atoms. The van der Waals surface area contributed by atoms with Crippen LogP contribution in [0.2, 0.25) is 0 Å². The highest BCUT2D eigenvalue weighted by molar-refractivity contribution is 5.99. The van der Waals surface area contributed by atoms with Gasteiger partial charge in [0.15, 0.2) is 0 Å². The normalized spacial score (nSPS) is 22.0. The predicted molar refractivity (Wildman–Crippen MR) is 74.7 cm³/mol. The van der Waals surface area contributed by atoms with Gasteiger partial charge in [0.2, 0.25) is 11.8 Å². The van der Waals surface area contributed by atoms with Crippen molar-refractivity contribution in [1.82, 2.24) is 20.0 Å². The van der Waals surface area contributed by atoms with Crippen LogP contribution in [0.3, 0.4) is 0 Å². The van der Waals surface area contributed by atoms with Gasteiger partial charge in [-0.1, -0.05) is 13.8 Å². The van der Waals surface area contributed by atoms with Crippen molar-refractivity contribution in [1.29, 1.82) is 0 Å². The number of aromatic nitrogens is 2. The molecule has 1 fully saturated rings. The Bertz CT molecular complexity index is 519. The van der Waals surface area contributed by atoms with E-state index in [1.807, 2.05) is 33.2 Å². The molecule has 110 valence electrons. The number of rotatable bonds is 4. The number of aryl methyl sites for hydroxylation is 1. The number of nitrogens with one attached hydrogen (secondary N) is 1. The minimum absolute atomic E-state index is 0.0137. The van der Waals surface area contributed by atoms with Gasteiger partial charge in [0.1, 0.15) is 11.6 Å². The molecule has 0 saturated carbocycles. The molecule has 0 aliphatic carbocycles. The average Bonchev–Trinajstić information content (AvgIpc) is 2.84. The summed E-state index contributed by atoms with van der Waals surface area (Å²) in [6, 6.07) is 1.40. The van der Waals surface area contributed by atoms with E-state index in [1.165, 1.54) is 0 Å². The first-order valence-corrected chi connectivity index (χ1v) is 7.05. The van der Waals surface area contributed by atoms with Crippen molar-refractivity contribution in [2.45, 2.75) is 51.7 Å². The fourth-order valence-corrected chi connectivity index (χ4v) is 2.65. The van der Waals surface area contributed by atoms with Gasteiger partial charge < -0.3 is 10.2 Å². The minimum Gasteiger partial charge on any atom is -0.340 e. The Labute approximate surface area is 119 Å². The van der Waals surface area contributed by atoms with Crippen molar-refractivity contribution in [3.63, 3.8) is 0 Å². The summed E-state index contributed by atoms with van der Waals surface area (Å²) in [5.74, 6) is -0.107. The molecule has 2 amide bonds. The topological polar surface area (TPSA) is 67.2 Å². The maximum absolute atomic E-state index is 12.8. The number of carbonyl (C=O) groups excluding carboxylic acids is 2. The van der Waals surface area contributed by atoms with E-state index < -0.39 is 11.6 Å². The second kappa shape index (κ2) is 5.26. The Hall–Kier alpha value is -1.85. The molecule has 2 rings (SSSR count). The van der Waals surface area contributed by atoms with Gasteiger partial charge in [-0.2, -0.15) is 5.10 Å². The molecule has 1 aliphatic rings. The Kier molecular flexibility index (Phi) is 3.83. The summed E-state index contributed by atoms with van der Waals surface area (Å²) in [5, 5.41) is 7.18. The Balaban J connectivity index is 2.28. The van der Waals surface area contributed by atoms with E-state index in [4.69, 9.17) is 0 Å². The molecule has 6 heteroatoms. The lowest BCUT2D eigenvalue weighted by Gasteiger charge is -2.44.